The number of benzene rings is 1. The summed E-state index contributed by atoms with van der Waals surface area (Å²) in [5.41, 5.74) is 0.734. The van der Waals surface area contributed by atoms with Crippen LogP contribution in [0.4, 0.5) is 0 Å². The van der Waals surface area contributed by atoms with Gasteiger partial charge in [0.15, 0.2) is 5.76 Å². The Morgan fingerprint density at radius 1 is 1.08 bits per heavy atom. The normalized spacial score (nSPS) is 13.2. The summed E-state index contributed by atoms with van der Waals surface area (Å²) in [7, 11) is 1.64. The van der Waals surface area contributed by atoms with Gasteiger partial charge in [-0.15, -0.1) is 0 Å². The average molecular weight is 351 g/mol. The van der Waals surface area contributed by atoms with Gasteiger partial charge < -0.3 is 9.25 Å². The lowest BCUT2D eigenvalue weighted by Crippen LogP contribution is -2.32. The number of hydrogen-bond donors (Lipinski definition) is 0. The highest BCUT2D eigenvalue weighted by molar-refractivity contribution is 6.21. The van der Waals surface area contributed by atoms with Crippen molar-refractivity contribution in [3.05, 3.63) is 65.0 Å². The first-order valence-corrected chi connectivity index (χ1v) is 7.76. The number of carbonyl (C=O) groups excluding carboxylic acids is 3. The van der Waals surface area contributed by atoms with E-state index < -0.39 is 17.8 Å². The number of aromatic nitrogens is 2. The Hall–Kier alpha value is -3.68. The molecule has 0 fully saturated rings. The number of rotatable bonds is 3. The summed E-state index contributed by atoms with van der Waals surface area (Å²) in [5.74, 6) is -1.20. The zero-order valence-electron chi connectivity index (χ0n) is 13.9. The molecule has 0 saturated carbocycles. The topological polar surface area (TPSA) is 94.6 Å². The molecule has 1 aliphatic heterocycles. The van der Waals surface area contributed by atoms with Crippen molar-refractivity contribution in [3.63, 3.8) is 0 Å². The standard InChI is InChI=1S/C18H13N3O5/c1-10-7-8-14(25-10)15-13(9-20(2)19-15)18(24)26-21-16(22)11-5-3-4-6-12(11)17(21)23/h3-9H,1-2H3. The summed E-state index contributed by atoms with van der Waals surface area (Å²) >= 11 is 0. The second-order valence-corrected chi connectivity index (χ2v) is 5.80. The molecule has 1 aromatic carbocycles. The molecule has 0 aliphatic carbocycles. The van der Waals surface area contributed by atoms with Gasteiger partial charge in [-0.2, -0.15) is 5.10 Å². The van der Waals surface area contributed by atoms with Crippen LogP contribution in [0.3, 0.4) is 0 Å². The maximum Gasteiger partial charge on any atom is 0.367 e. The van der Waals surface area contributed by atoms with Crippen LogP contribution < -0.4 is 0 Å². The van der Waals surface area contributed by atoms with Gasteiger partial charge in [0.05, 0.1) is 11.1 Å². The number of hydroxylamine groups is 2. The van der Waals surface area contributed by atoms with Crippen LogP contribution in [0.2, 0.25) is 0 Å². The van der Waals surface area contributed by atoms with Crippen LogP contribution in [0.15, 0.2) is 47.0 Å². The largest absolute Gasteiger partial charge is 0.460 e. The lowest BCUT2D eigenvalue weighted by atomic mass is 10.1. The van der Waals surface area contributed by atoms with Gasteiger partial charge in [0, 0.05) is 13.2 Å². The van der Waals surface area contributed by atoms with E-state index in [4.69, 9.17) is 9.25 Å². The third-order valence-electron chi connectivity index (χ3n) is 3.95. The maximum atomic E-state index is 12.6. The SMILES string of the molecule is Cc1ccc(-c2nn(C)cc2C(=O)ON2C(=O)c3ccccc3C2=O)o1. The van der Waals surface area contributed by atoms with E-state index in [0.717, 1.165) is 0 Å². The molecule has 130 valence electrons. The quantitative estimate of drug-likeness (QED) is 0.672. The minimum absolute atomic E-state index is 0.0819. The molecule has 0 radical (unpaired) electrons. The molecule has 0 spiro atoms. The molecule has 2 aromatic heterocycles. The number of hydrogen-bond acceptors (Lipinski definition) is 6. The Morgan fingerprint density at radius 3 is 2.31 bits per heavy atom. The molecule has 3 heterocycles. The van der Waals surface area contributed by atoms with Gasteiger partial charge in [0.25, 0.3) is 11.8 Å². The Balaban J connectivity index is 1.65. The van der Waals surface area contributed by atoms with Crippen molar-refractivity contribution in [1.82, 2.24) is 14.8 Å². The fourth-order valence-electron chi connectivity index (χ4n) is 2.76. The van der Waals surface area contributed by atoms with E-state index in [0.29, 0.717) is 16.6 Å². The maximum absolute atomic E-state index is 12.6. The minimum atomic E-state index is -0.878. The fraction of sp³-hybridized carbons (Fsp3) is 0.111. The number of carbonyl (C=O) groups is 3. The molecule has 1 aliphatic rings. The number of aryl methyl sites for hydroxylation is 2. The van der Waals surface area contributed by atoms with E-state index in [1.807, 2.05) is 0 Å². The molecule has 0 atom stereocenters. The molecule has 4 rings (SSSR count). The van der Waals surface area contributed by atoms with Gasteiger partial charge in [-0.1, -0.05) is 17.2 Å². The van der Waals surface area contributed by atoms with E-state index in [1.165, 1.54) is 23.0 Å². The monoisotopic (exact) mass is 351 g/mol. The minimum Gasteiger partial charge on any atom is -0.460 e. The van der Waals surface area contributed by atoms with Gasteiger partial charge in [-0.3, -0.25) is 14.3 Å². The Bertz CT molecular complexity index is 1030. The van der Waals surface area contributed by atoms with Gasteiger partial charge in [-0.05, 0) is 31.2 Å². The zero-order valence-corrected chi connectivity index (χ0v) is 13.9. The van der Waals surface area contributed by atoms with E-state index in [2.05, 4.69) is 5.10 Å². The molecular weight excluding hydrogens is 338 g/mol. The third kappa shape index (κ3) is 2.39. The molecule has 2 amide bonds. The molecular formula is C18H13N3O5. The van der Waals surface area contributed by atoms with Crippen LogP contribution in [0, 0.1) is 6.92 Å². The smallest absolute Gasteiger partial charge is 0.367 e. The molecule has 0 bridgehead atoms. The average Bonchev–Trinajstić information content (AvgIpc) is 3.29. The number of fused-ring (bicyclic) bond motifs is 1. The summed E-state index contributed by atoms with van der Waals surface area (Å²) in [6.07, 6.45) is 1.44. The van der Waals surface area contributed by atoms with Crippen LogP contribution in [-0.4, -0.2) is 32.6 Å². The number of furan rings is 1. The number of imide groups is 1. The number of amides is 2. The molecule has 0 saturated heterocycles. The van der Waals surface area contributed by atoms with Crippen LogP contribution in [0.25, 0.3) is 11.5 Å². The van der Waals surface area contributed by atoms with Gasteiger partial charge in [-0.25, -0.2) is 4.79 Å². The zero-order chi connectivity index (χ0) is 18.4. The van der Waals surface area contributed by atoms with E-state index in [9.17, 15) is 14.4 Å². The van der Waals surface area contributed by atoms with Crippen molar-refractivity contribution < 1.29 is 23.6 Å². The van der Waals surface area contributed by atoms with Crippen molar-refractivity contribution in [1.29, 1.82) is 0 Å². The van der Waals surface area contributed by atoms with Crippen LogP contribution in [0.5, 0.6) is 0 Å². The first kappa shape index (κ1) is 15.8. The first-order valence-electron chi connectivity index (χ1n) is 7.76. The summed E-state index contributed by atoms with van der Waals surface area (Å²) in [6.45, 7) is 1.77. The van der Waals surface area contributed by atoms with Crippen LogP contribution >= 0.6 is 0 Å². The lowest BCUT2D eigenvalue weighted by molar-refractivity contribution is -0.0584. The van der Waals surface area contributed by atoms with Crippen molar-refractivity contribution in [2.45, 2.75) is 6.92 Å². The molecule has 0 unspecified atom stereocenters. The van der Waals surface area contributed by atoms with E-state index in [1.54, 1.807) is 38.2 Å². The van der Waals surface area contributed by atoms with Crippen molar-refractivity contribution in [3.8, 4) is 11.5 Å². The first-order chi connectivity index (χ1) is 12.5. The second-order valence-electron chi connectivity index (χ2n) is 5.80. The van der Waals surface area contributed by atoms with E-state index in [-0.39, 0.29) is 22.4 Å². The molecule has 8 heteroatoms. The summed E-state index contributed by atoms with van der Waals surface area (Å²) in [6, 6.07) is 9.69. The summed E-state index contributed by atoms with van der Waals surface area (Å²) in [4.78, 5) is 42.3. The third-order valence-corrected chi connectivity index (χ3v) is 3.95. The van der Waals surface area contributed by atoms with Crippen molar-refractivity contribution >= 4 is 17.8 Å². The molecule has 8 nitrogen and oxygen atoms in total. The molecule has 0 N–H and O–H groups in total. The highest BCUT2D eigenvalue weighted by Gasteiger charge is 2.39. The van der Waals surface area contributed by atoms with Crippen molar-refractivity contribution in [2.75, 3.05) is 0 Å². The summed E-state index contributed by atoms with van der Waals surface area (Å²) in [5, 5.41) is 4.67. The van der Waals surface area contributed by atoms with Crippen molar-refractivity contribution in [2.24, 2.45) is 7.05 Å². The van der Waals surface area contributed by atoms with Crippen LogP contribution in [-0.2, 0) is 11.9 Å². The Kier molecular flexibility index (Phi) is 3.47. The van der Waals surface area contributed by atoms with Gasteiger partial charge in [0.2, 0.25) is 0 Å². The van der Waals surface area contributed by atoms with Gasteiger partial charge in [0.1, 0.15) is 17.0 Å². The number of nitrogens with zero attached hydrogens (tertiary/aromatic N) is 3. The fourth-order valence-corrected chi connectivity index (χ4v) is 2.76. The Morgan fingerprint density at radius 2 is 1.73 bits per heavy atom. The highest BCUT2D eigenvalue weighted by Crippen LogP contribution is 2.27. The van der Waals surface area contributed by atoms with Gasteiger partial charge >= 0.3 is 5.97 Å². The molecule has 3 aromatic rings. The van der Waals surface area contributed by atoms with Crippen LogP contribution in [0.1, 0.15) is 36.8 Å². The summed E-state index contributed by atoms with van der Waals surface area (Å²) < 4.78 is 6.93. The molecule has 26 heavy (non-hydrogen) atoms. The van der Waals surface area contributed by atoms with E-state index >= 15 is 0 Å². The highest BCUT2D eigenvalue weighted by atomic mass is 16.7. The predicted molar refractivity (Wildman–Crippen MR) is 88.0 cm³/mol. The lowest BCUT2D eigenvalue weighted by Gasteiger charge is -2.12. The second kappa shape index (κ2) is 5.69. The predicted octanol–water partition coefficient (Wildman–Crippen LogP) is 2.36. The Labute approximate surface area is 147 Å².